The Hall–Kier alpha value is -3.67. The Balaban J connectivity index is 1.64. The van der Waals surface area contributed by atoms with Crippen LogP contribution in [0.3, 0.4) is 0 Å². The predicted octanol–water partition coefficient (Wildman–Crippen LogP) is 4.79. The minimum Gasteiger partial charge on any atom is -0.504 e. The van der Waals surface area contributed by atoms with E-state index in [1.807, 2.05) is 59.5 Å². The number of likely N-dealkylation sites (tertiary alicyclic amines) is 1. The van der Waals surface area contributed by atoms with E-state index in [0.29, 0.717) is 36.8 Å². The molecule has 0 spiro atoms. The van der Waals surface area contributed by atoms with E-state index in [9.17, 15) is 9.90 Å². The molecule has 1 heterocycles. The molecule has 0 unspecified atom stereocenters. The van der Waals surface area contributed by atoms with Gasteiger partial charge in [0.25, 0.3) is 0 Å². The van der Waals surface area contributed by atoms with Gasteiger partial charge in [-0.05, 0) is 53.8 Å². The Morgan fingerprint density at radius 1 is 0.853 bits per heavy atom. The first-order valence-corrected chi connectivity index (χ1v) is 11.4. The average Bonchev–Trinajstić information content (AvgIpc) is 2.87. The van der Waals surface area contributed by atoms with E-state index in [1.165, 1.54) is 7.11 Å². The number of carbonyl (C=O) groups excluding carboxylic acids is 1. The summed E-state index contributed by atoms with van der Waals surface area (Å²) < 4.78 is 16.2. The first-order chi connectivity index (χ1) is 16.5. The third-order valence-electron chi connectivity index (χ3n) is 6.49. The fraction of sp³-hybridized carbons (Fsp3) is 0.321. The average molecular weight is 462 g/mol. The van der Waals surface area contributed by atoms with Gasteiger partial charge in [0.05, 0.1) is 21.3 Å². The van der Waals surface area contributed by atoms with Crippen molar-refractivity contribution in [2.45, 2.75) is 25.3 Å². The van der Waals surface area contributed by atoms with Crippen LogP contribution in [0, 0.1) is 5.92 Å². The maximum Gasteiger partial charge on any atom is 0.226 e. The molecular weight excluding hydrogens is 430 g/mol. The number of phenols is 1. The van der Waals surface area contributed by atoms with Crippen molar-refractivity contribution in [1.29, 1.82) is 0 Å². The maximum atomic E-state index is 13.6. The van der Waals surface area contributed by atoms with Crippen molar-refractivity contribution in [2.75, 3.05) is 27.9 Å². The molecule has 6 heteroatoms. The number of amides is 1. The highest BCUT2D eigenvalue weighted by Gasteiger charge is 2.35. The van der Waals surface area contributed by atoms with Crippen LogP contribution in [0.15, 0.2) is 66.7 Å². The highest BCUT2D eigenvalue weighted by molar-refractivity contribution is 5.80. The third kappa shape index (κ3) is 5.11. The summed E-state index contributed by atoms with van der Waals surface area (Å²) in [7, 11) is 4.79. The van der Waals surface area contributed by atoms with E-state index in [-0.39, 0.29) is 23.5 Å². The van der Waals surface area contributed by atoms with Crippen LogP contribution in [0.2, 0.25) is 0 Å². The zero-order chi connectivity index (χ0) is 24.1. The summed E-state index contributed by atoms with van der Waals surface area (Å²) in [6.07, 6.45) is 1.30. The van der Waals surface area contributed by atoms with E-state index in [0.717, 1.165) is 23.1 Å². The second-order valence-corrected chi connectivity index (χ2v) is 8.66. The van der Waals surface area contributed by atoms with Crippen LogP contribution in [0.1, 0.15) is 29.0 Å². The molecule has 1 saturated heterocycles. The largest absolute Gasteiger partial charge is 0.504 e. The van der Waals surface area contributed by atoms with Crippen LogP contribution in [0.5, 0.6) is 23.0 Å². The molecule has 34 heavy (non-hydrogen) atoms. The van der Waals surface area contributed by atoms with Gasteiger partial charge in [-0.25, -0.2) is 0 Å². The molecule has 3 aromatic carbocycles. The second-order valence-electron chi connectivity index (χ2n) is 8.66. The molecule has 1 fully saturated rings. The summed E-state index contributed by atoms with van der Waals surface area (Å²) in [5, 5.41) is 9.96. The van der Waals surface area contributed by atoms with Gasteiger partial charge in [-0.15, -0.1) is 0 Å². The molecule has 178 valence electrons. The van der Waals surface area contributed by atoms with Crippen molar-refractivity contribution < 1.29 is 24.1 Å². The highest BCUT2D eigenvalue weighted by Crippen LogP contribution is 2.38. The molecule has 0 saturated carbocycles. The smallest absolute Gasteiger partial charge is 0.226 e. The number of benzene rings is 3. The summed E-state index contributed by atoms with van der Waals surface area (Å²) in [5.41, 5.74) is 3.19. The Morgan fingerprint density at radius 3 is 2.29 bits per heavy atom. The Labute approximate surface area is 200 Å². The van der Waals surface area contributed by atoms with Crippen LogP contribution in [0.4, 0.5) is 0 Å². The molecule has 1 aliphatic rings. The minimum absolute atomic E-state index is 0.0927. The summed E-state index contributed by atoms with van der Waals surface area (Å²) >= 11 is 0. The Morgan fingerprint density at radius 2 is 1.59 bits per heavy atom. The predicted molar refractivity (Wildman–Crippen MR) is 131 cm³/mol. The molecule has 0 radical (unpaired) electrons. The van der Waals surface area contributed by atoms with Crippen molar-refractivity contribution in [1.82, 2.24) is 4.90 Å². The molecule has 4 rings (SSSR count). The lowest BCUT2D eigenvalue weighted by Gasteiger charge is -2.38. The summed E-state index contributed by atoms with van der Waals surface area (Å²) in [5.74, 6) is 1.99. The van der Waals surface area contributed by atoms with E-state index < -0.39 is 0 Å². The van der Waals surface area contributed by atoms with Crippen LogP contribution in [-0.2, 0) is 17.8 Å². The van der Waals surface area contributed by atoms with Crippen molar-refractivity contribution in [3.63, 3.8) is 0 Å². The molecule has 1 aliphatic heterocycles. The van der Waals surface area contributed by atoms with Gasteiger partial charge in [-0.2, -0.15) is 0 Å². The van der Waals surface area contributed by atoms with Crippen LogP contribution < -0.4 is 14.2 Å². The van der Waals surface area contributed by atoms with Crippen LogP contribution >= 0.6 is 0 Å². The van der Waals surface area contributed by atoms with E-state index in [1.54, 1.807) is 20.3 Å². The number of rotatable bonds is 8. The molecule has 0 aliphatic carbocycles. The fourth-order valence-corrected chi connectivity index (χ4v) is 4.73. The van der Waals surface area contributed by atoms with Gasteiger partial charge in [-0.3, -0.25) is 4.79 Å². The molecule has 1 N–H and O–H groups in total. The number of hydrogen-bond donors (Lipinski definition) is 1. The first-order valence-electron chi connectivity index (χ1n) is 11.4. The maximum absolute atomic E-state index is 13.6. The Kier molecular flexibility index (Phi) is 7.26. The van der Waals surface area contributed by atoms with E-state index in [4.69, 9.17) is 14.2 Å². The number of phenolic OH excluding ortho intramolecular Hbond substituents is 1. The zero-order valence-corrected chi connectivity index (χ0v) is 19.9. The molecular formula is C28H31NO5. The van der Waals surface area contributed by atoms with Gasteiger partial charge < -0.3 is 24.2 Å². The topological polar surface area (TPSA) is 68.2 Å². The number of piperidine rings is 1. The minimum atomic E-state index is -0.190. The molecule has 3 aromatic rings. The lowest BCUT2D eigenvalue weighted by molar-refractivity contribution is -0.139. The Bertz CT molecular complexity index is 1130. The molecule has 1 amide bonds. The summed E-state index contributed by atoms with van der Waals surface area (Å²) in [4.78, 5) is 15.5. The highest BCUT2D eigenvalue weighted by atomic mass is 16.5. The van der Waals surface area contributed by atoms with Gasteiger partial charge in [-0.1, -0.05) is 42.5 Å². The standard InChI is InChI=1S/C28H31NO5/c1-32-25-12-10-21(16-27(25)34-3)23-15-22(13-20-9-11-24(30)26(14-20)33-2)28(31)29(18-23)17-19-7-5-4-6-8-19/h4-12,14,16,22-23,30H,13,15,17-18H2,1-3H3/t22-,23+/m0/s1. The van der Waals surface area contributed by atoms with Gasteiger partial charge >= 0.3 is 0 Å². The van der Waals surface area contributed by atoms with Gasteiger partial charge in [0.15, 0.2) is 23.0 Å². The molecule has 0 aromatic heterocycles. The van der Waals surface area contributed by atoms with Gasteiger partial charge in [0.2, 0.25) is 5.91 Å². The van der Waals surface area contributed by atoms with Crippen molar-refractivity contribution in [3.8, 4) is 23.0 Å². The van der Waals surface area contributed by atoms with Crippen LogP contribution in [-0.4, -0.2) is 43.8 Å². The number of nitrogens with zero attached hydrogens (tertiary/aromatic N) is 1. The first kappa shape index (κ1) is 23.5. The fourth-order valence-electron chi connectivity index (χ4n) is 4.73. The summed E-state index contributed by atoms with van der Waals surface area (Å²) in [6, 6.07) is 21.3. The quantitative estimate of drug-likeness (QED) is 0.522. The van der Waals surface area contributed by atoms with Crippen molar-refractivity contribution in [3.05, 3.63) is 83.4 Å². The monoisotopic (exact) mass is 461 g/mol. The molecule has 2 atom stereocenters. The lowest BCUT2D eigenvalue weighted by atomic mass is 9.81. The zero-order valence-electron chi connectivity index (χ0n) is 19.9. The number of methoxy groups -OCH3 is 3. The molecule has 6 nitrogen and oxygen atoms in total. The van der Waals surface area contributed by atoms with Crippen molar-refractivity contribution in [2.24, 2.45) is 5.92 Å². The third-order valence-corrected chi connectivity index (χ3v) is 6.49. The molecule has 0 bridgehead atoms. The summed E-state index contributed by atoms with van der Waals surface area (Å²) in [6.45, 7) is 1.21. The normalized spacial score (nSPS) is 18.0. The number of hydrogen-bond acceptors (Lipinski definition) is 5. The number of ether oxygens (including phenoxy) is 3. The van der Waals surface area contributed by atoms with Crippen molar-refractivity contribution >= 4 is 5.91 Å². The lowest BCUT2D eigenvalue weighted by Crippen LogP contribution is -2.44. The number of carbonyl (C=O) groups is 1. The van der Waals surface area contributed by atoms with Gasteiger partial charge in [0.1, 0.15) is 0 Å². The van der Waals surface area contributed by atoms with Gasteiger partial charge in [0, 0.05) is 24.9 Å². The SMILES string of the molecule is COc1cc(C[C@H]2C[C@@H](c3ccc(OC)c(OC)c3)CN(Cc3ccccc3)C2=O)ccc1O. The van der Waals surface area contributed by atoms with E-state index in [2.05, 4.69) is 6.07 Å². The second kappa shape index (κ2) is 10.5. The number of aromatic hydroxyl groups is 1. The van der Waals surface area contributed by atoms with Crippen LogP contribution in [0.25, 0.3) is 0 Å². The van der Waals surface area contributed by atoms with E-state index >= 15 is 0 Å².